The number of allylic oxidation sites excluding steroid dienone is 1. The lowest BCUT2D eigenvalue weighted by atomic mass is 10.3. The third-order valence-electron chi connectivity index (χ3n) is 1.71. The first-order valence-electron chi connectivity index (χ1n) is 4.78. The van der Waals surface area contributed by atoms with Crippen LogP contribution in [0.1, 0.15) is 19.8 Å². The Balaban J connectivity index is 2.31. The van der Waals surface area contributed by atoms with Crippen LogP contribution in [0.3, 0.4) is 0 Å². The molecular weight excluding hydrogens is 179 g/mol. The zero-order chi connectivity index (χ0) is 10.2. The SMILES string of the molecule is CCCC=CCOc1cc[c]c(F)c1. The number of hydrogen-bond acceptors (Lipinski definition) is 1. The Morgan fingerprint density at radius 3 is 3.07 bits per heavy atom. The first-order chi connectivity index (χ1) is 6.83. The second-order valence-electron chi connectivity index (χ2n) is 2.94. The molecule has 0 amide bonds. The van der Waals surface area contributed by atoms with E-state index in [9.17, 15) is 4.39 Å². The van der Waals surface area contributed by atoms with E-state index in [1.807, 2.05) is 6.08 Å². The van der Waals surface area contributed by atoms with Gasteiger partial charge in [-0.3, -0.25) is 0 Å². The minimum atomic E-state index is -0.389. The molecule has 0 aromatic heterocycles. The predicted octanol–water partition coefficient (Wildman–Crippen LogP) is 3.36. The Bertz CT molecular complexity index is 294. The first kappa shape index (κ1) is 10.8. The van der Waals surface area contributed by atoms with E-state index in [1.54, 1.807) is 6.07 Å². The molecule has 0 bridgehead atoms. The number of unbranched alkanes of at least 4 members (excludes halogenated alkanes) is 1. The fraction of sp³-hybridized carbons (Fsp3) is 0.333. The van der Waals surface area contributed by atoms with Crippen molar-refractivity contribution in [3.8, 4) is 5.75 Å². The summed E-state index contributed by atoms with van der Waals surface area (Å²) >= 11 is 0. The molecule has 0 saturated carbocycles. The summed E-state index contributed by atoms with van der Waals surface area (Å²) in [5.41, 5.74) is 0. The van der Waals surface area contributed by atoms with Crippen molar-refractivity contribution in [3.63, 3.8) is 0 Å². The van der Waals surface area contributed by atoms with E-state index in [4.69, 9.17) is 4.74 Å². The molecule has 1 radical (unpaired) electrons. The number of ether oxygens (including phenoxy) is 1. The van der Waals surface area contributed by atoms with Gasteiger partial charge in [0.25, 0.3) is 0 Å². The highest BCUT2D eigenvalue weighted by atomic mass is 19.1. The van der Waals surface area contributed by atoms with Crippen LogP contribution in [0.2, 0.25) is 0 Å². The highest BCUT2D eigenvalue weighted by Crippen LogP contribution is 2.11. The zero-order valence-corrected chi connectivity index (χ0v) is 8.29. The lowest BCUT2D eigenvalue weighted by Crippen LogP contribution is -1.93. The van der Waals surface area contributed by atoms with Gasteiger partial charge in [-0.05, 0) is 18.6 Å². The molecule has 0 aliphatic carbocycles. The van der Waals surface area contributed by atoms with Crippen LogP contribution in [-0.2, 0) is 0 Å². The Kier molecular flexibility index (Phi) is 4.76. The zero-order valence-electron chi connectivity index (χ0n) is 8.29. The molecule has 1 nitrogen and oxygen atoms in total. The molecule has 0 saturated heterocycles. The van der Waals surface area contributed by atoms with Crippen molar-refractivity contribution in [2.24, 2.45) is 0 Å². The standard InChI is InChI=1S/C12H14FO/c1-2-3-4-5-9-14-12-8-6-7-11(13)10-12/h4-6,8,10H,2-3,9H2,1H3. The van der Waals surface area contributed by atoms with E-state index in [0.717, 1.165) is 12.8 Å². The van der Waals surface area contributed by atoms with Gasteiger partial charge in [0.15, 0.2) is 0 Å². The molecule has 0 aliphatic rings. The normalized spacial score (nSPS) is 10.7. The number of hydrogen-bond donors (Lipinski definition) is 0. The van der Waals surface area contributed by atoms with E-state index in [0.29, 0.717) is 12.4 Å². The summed E-state index contributed by atoms with van der Waals surface area (Å²) in [6, 6.07) is 6.95. The molecule has 2 heteroatoms. The highest BCUT2D eigenvalue weighted by molar-refractivity contribution is 5.21. The van der Waals surface area contributed by atoms with Crippen LogP contribution in [0, 0.1) is 11.9 Å². The molecule has 1 rings (SSSR count). The molecule has 0 aliphatic heterocycles. The molecule has 1 aromatic rings. The van der Waals surface area contributed by atoms with Crippen LogP contribution in [0.5, 0.6) is 5.75 Å². The van der Waals surface area contributed by atoms with Gasteiger partial charge >= 0.3 is 0 Å². The summed E-state index contributed by atoms with van der Waals surface area (Å²) in [6.07, 6.45) is 6.19. The average Bonchev–Trinajstić information content (AvgIpc) is 2.18. The third-order valence-corrected chi connectivity index (χ3v) is 1.71. The molecule has 14 heavy (non-hydrogen) atoms. The Labute approximate surface area is 84.2 Å². The van der Waals surface area contributed by atoms with Crippen LogP contribution in [0.25, 0.3) is 0 Å². The van der Waals surface area contributed by atoms with Gasteiger partial charge < -0.3 is 4.74 Å². The Morgan fingerprint density at radius 1 is 1.50 bits per heavy atom. The van der Waals surface area contributed by atoms with Crippen LogP contribution in [0.4, 0.5) is 4.39 Å². The smallest absolute Gasteiger partial charge is 0.134 e. The minimum Gasteiger partial charge on any atom is -0.489 e. The molecular formula is C12H14FO. The number of rotatable bonds is 5. The number of halogens is 1. The topological polar surface area (TPSA) is 9.23 Å². The van der Waals surface area contributed by atoms with Crippen LogP contribution in [0.15, 0.2) is 30.4 Å². The number of benzene rings is 1. The largest absolute Gasteiger partial charge is 0.489 e. The van der Waals surface area contributed by atoms with Crippen molar-refractivity contribution in [3.05, 3.63) is 42.2 Å². The van der Waals surface area contributed by atoms with Crippen LogP contribution in [-0.4, -0.2) is 6.61 Å². The van der Waals surface area contributed by atoms with E-state index in [2.05, 4.69) is 19.1 Å². The van der Waals surface area contributed by atoms with Gasteiger partial charge in [0, 0.05) is 12.1 Å². The lowest BCUT2D eigenvalue weighted by molar-refractivity contribution is 0.360. The summed E-state index contributed by atoms with van der Waals surface area (Å²) in [6.45, 7) is 2.61. The van der Waals surface area contributed by atoms with Crippen molar-refractivity contribution < 1.29 is 9.13 Å². The van der Waals surface area contributed by atoms with Crippen molar-refractivity contribution >= 4 is 0 Å². The van der Waals surface area contributed by atoms with Crippen molar-refractivity contribution in [2.75, 3.05) is 6.61 Å². The van der Waals surface area contributed by atoms with Gasteiger partial charge in [-0.1, -0.05) is 25.5 Å². The average molecular weight is 193 g/mol. The van der Waals surface area contributed by atoms with Gasteiger partial charge in [-0.15, -0.1) is 0 Å². The van der Waals surface area contributed by atoms with Gasteiger partial charge in [0.2, 0.25) is 0 Å². The van der Waals surface area contributed by atoms with Gasteiger partial charge in [0.1, 0.15) is 18.2 Å². The summed E-state index contributed by atoms with van der Waals surface area (Å²) < 4.78 is 17.9. The molecule has 0 heterocycles. The Morgan fingerprint density at radius 2 is 2.36 bits per heavy atom. The molecule has 75 valence electrons. The summed E-state index contributed by atoms with van der Waals surface area (Å²) in [5.74, 6) is 0.155. The summed E-state index contributed by atoms with van der Waals surface area (Å²) in [5, 5.41) is 0. The fourth-order valence-corrected chi connectivity index (χ4v) is 1.00. The van der Waals surface area contributed by atoms with Crippen molar-refractivity contribution in [1.82, 2.24) is 0 Å². The van der Waals surface area contributed by atoms with Gasteiger partial charge in [0.05, 0.1) is 0 Å². The van der Waals surface area contributed by atoms with E-state index >= 15 is 0 Å². The molecule has 0 fully saturated rings. The second kappa shape index (κ2) is 6.19. The maximum atomic E-state index is 12.6. The van der Waals surface area contributed by atoms with Crippen LogP contribution >= 0.6 is 0 Å². The molecule has 1 aromatic carbocycles. The minimum absolute atomic E-state index is 0.389. The van der Waals surface area contributed by atoms with Crippen molar-refractivity contribution in [2.45, 2.75) is 19.8 Å². The van der Waals surface area contributed by atoms with E-state index < -0.39 is 0 Å². The van der Waals surface area contributed by atoms with E-state index in [1.165, 1.54) is 12.1 Å². The quantitative estimate of drug-likeness (QED) is 0.651. The lowest BCUT2D eigenvalue weighted by Gasteiger charge is -2.01. The predicted molar refractivity (Wildman–Crippen MR) is 54.8 cm³/mol. The summed E-state index contributed by atoms with van der Waals surface area (Å²) in [4.78, 5) is 0. The molecule has 0 atom stereocenters. The maximum Gasteiger partial charge on any atom is 0.134 e. The monoisotopic (exact) mass is 193 g/mol. The molecule has 0 N–H and O–H groups in total. The Hall–Kier alpha value is -1.31. The summed E-state index contributed by atoms with van der Waals surface area (Å²) in [7, 11) is 0. The second-order valence-corrected chi connectivity index (χ2v) is 2.94. The molecule has 0 unspecified atom stereocenters. The third kappa shape index (κ3) is 4.08. The van der Waals surface area contributed by atoms with Crippen LogP contribution < -0.4 is 4.74 Å². The van der Waals surface area contributed by atoms with Gasteiger partial charge in [-0.25, -0.2) is 4.39 Å². The highest BCUT2D eigenvalue weighted by Gasteiger charge is 1.93. The van der Waals surface area contributed by atoms with Gasteiger partial charge in [-0.2, -0.15) is 0 Å². The fourth-order valence-electron chi connectivity index (χ4n) is 1.00. The first-order valence-corrected chi connectivity index (χ1v) is 4.78. The van der Waals surface area contributed by atoms with Crippen molar-refractivity contribution in [1.29, 1.82) is 0 Å². The maximum absolute atomic E-state index is 12.6. The molecule has 0 spiro atoms. The van der Waals surface area contributed by atoms with E-state index in [-0.39, 0.29) is 5.82 Å².